The second kappa shape index (κ2) is 7.13. The minimum absolute atomic E-state index is 0.0492. The molecule has 18 heavy (non-hydrogen) atoms. The zero-order valence-corrected chi connectivity index (χ0v) is 11.2. The summed E-state index contributed by atoms with van der Waals surface area (Å²) in [5, 5.41) is 0. The Morgan fingerprint density at radius 3 is 2.72 bits per heavy atom. The number of rotatable bonds is 6. The predicted molar refractivity (Wildman–Crippen MR) is 70.3 cm³/mol. The Balaban J connectivity index is 2.45. The second-order valence-corrected chi connectivity index (χ2v) is 4.29. The van der Waals surface area contributed by atoms with Crippen molar-refractivity contribution in [1.29, 1.82) is 0 Å². The van der Waals surface area contributed by atoms with Crippen LogP contribution in [0.5, 0.6) is 0 Å². The Morgan fingerprint density at radius 2 is 2.11 bits per heavy atom. The van der Waals surface area contributed by atoms with E-state index in [4.69, 9.17) is 15.2 Å². The third-order valence-corrected chi connectivity index (χ3v) is 2.65. The lowest BCUT2D eigenvalue weighted by Gasteiger charge is -2.15. The number of nitrogens with two attached hydrogens (primary N) is 1. The average molecular weight is 251 g/mol. The lowest BCUT2D eigenvalue weighted by molar-refractivity contribution is -0.148. The van der Waals surface area contributed by atoms with E-state index in [1.807, 2.05) is 26.0 Å². The summed E-state index contributed by atoms with van der Waals surface area (Å²) in [6.45, 7) is 6.45. The third kappa shape index (κ3) is 4.47. The molecule has 0 amide bonds. The third-order valence-electron chi connectivity index (χ3n) is 2.65. The summed E-state index contributed by atoms with van der Waals surface area (Å²) >= 11 is 0. The number of esters is 1. The highest BCUT2D eigenvalue weighted by molar-refractivity contribution is 5.70. The molecule has 0 fully saturated rings. The first kappa shape index (κ1) is 14.7. The van der Waals surface area contributed by atoms with Crippen LogP contribution in [0, 0.1) is 13.8 Å². The van der Waals surface area contributed by atoms with Crippen LogP contribution in [0.4, 0.5) is 0 Å². The van der Waals surface area contributed by atoms with Crippen molar-refractivity contribution in [2.45, 2.75) is 26.8 Å². The maximum Gasteiger partial charge on any atom is 0.332 e. The zero-order valence-electron chi connectivity index (χ0n) is 11.2. The molecule has 0 saturated heterocycles. The fourth-order valence-electron chi connectivity index (χ4n) is 1.80. The van der Waals surface area contributed by atoms with Crippen molar-refractivity contribution in [2.24, 2.45) is 5.73 Å². The summed E-state index contributed by atoms with van der Waals surface area (Å²) in [6, 6.07) is 5.89. The molecule has 100 valence electrons. The summed E-state index contributed by atoms with van der Waals surface area (Å²) in [5.41, 5.74) is 9.42. The van der Waals surface area contributed by atoms with E-state index in [1.54, 1.807) is 6.92 Å². The molecular formula is C14H21NO3. The van der Waals surface area contributed by atoms with E-state index in [-0.39, 0.29) is 18.6 Å². The minimum Gasteiger partial charge on any atom is -0.464 e. The van der Waals surface area contributed by atoms with Crippen LogP contribution in [0.3, 0.4) is 0 Å². The Kier molecular flexibility index (Phi) is 5.82. The number of aryl methyl sites for hydroxylation is 2. The maximum absolute atomic E-state index is 11.1. The highest BCUT2D eigenvalue weighted by Gasteiger charge is 2.10. The van der Waals surface area contributed by atoms with Crippen LogP contribution in [0.1, 0.15) is 29.7 Å². The normalized spacial score (nSPS) is 12.2. The lowest BCUT2D eigenvalue weighted by Crippen LogP contribution is -2.21. The van der Waals surface area contributed by atoms with Crippen LogP contribution in [-0.2, 0) is 14.3 Å². The summed E-state index contributed by atoms with van der Waals surface area (Å²) < 4.78 is 10.0. The fraction of sp³-hybridized carbons (Fsp3) is 0.500. The van der Waals surface area contributed by atoms with Crippen LogP contribution in [0.25, 0.3) is 0 Å². The van der Waals surface area contributed by atoms with Gasteiger partial charge in [0.15, 0.2) is 0 Å². The second-order valence-electron chi connectivity index (χ2n) is 4.29. The van der Waals surface area contributed by atoms with Gasteiger partial charge in [0.1, 0.15) is 6.61 Å². The highest BCUT2D eigenvalue weighted by atomic mass is 16.6. The van der Waals surface area contributed by atoms with E-state index in [9.17, 15) is 4.79 Å². The van der Waals surface area contributed by atoms with Crippen LogP contribution in [0.15, 0.2) is 18.2 Å². The molecule has 0 bridgehead atoms. The smallest absolute Gasteiger partial charge is 0.332 e. The molecule has 0 aromatic heterocycles. The summed E-state index contributed by atoms with van der Waals surface area (Å²) in [5.74, 6) is -0.356. The molecule has 1 aromatic rings. The van der Waals surface area contributed by atoms with Gasteiger partial charge in [0.05, 0.1) is 19.3 Å². The lowest BCUT2D eigenvalue weighted by atomic mass is 10.0. The number of carbonyl (C=O) groups is 1. The van der Waals surface area contributed by atoms with Gasteiger partial charge in [0, 0.05) is 0 Å². The molecule has 1 rings (SSSR count). The topological polar surface area (TPSA) is 61.5 Å². The first-order valence-corrected chi connectivity index (χ1v) is 6.10. The predicted octanol–water partition coefficient (Wildman–Crippen LogP) is 1.88. The van der Waals surface area contributed by atoms with E-state index >= 15 is 0 Å². The van der Waals surface area contributed by atoms with Gasteiger partial charge in [-0.05, 0) is 31.9 Å². The Bertz CT molecular complexity index is 404. The zero-order chi connectivity index (χ0) is 13.5. The first-order chi connectivity index (χ1) is 8.54. The van der Waals surface area contributed by atoms with Gasteiger partial charge in [-0.25, -0.2) is 4.79 Å². The van der Waals surface area contributed by atoms with Crippen molar-refractivity contribution in [1.82, 2.24) is 0 Å². The number of carbonyl (C=O) groups excluding carboxylic acids is 1. The van der Waals surface area contributed by atoms with Gasteiger partial charge in [-0.1, -0.05) is 23.8 Å². The monoisotopic (exact) mass is 251 g/mol. The summed E-state index contributed by atoms with van der Waals surface area (Å²) in [7, 11) is 0. The van der Waals surface area contributed by atoms with Crippen LogP contribution >= 0.6 is 0 Å². The largest absolute Gasteiger partial charge is 0.464 e. The average Bonchev–Trinajstić information content (AvgIpc) is 2.29. The summed E-state index contributed by atoms with van der Waals surface area (Å²) in [4.78, 5) is 11.1. The number of hydrogen-bond acceptors (Lipinski definition) is 4. The van der Waals surface area contributed by atoms with Crippen molar-refractivity contribution >= 4 is 5.97 Å². The molecule has 1 unspecified atom stereocenters. The molecule has 0 spiro atoms. The molecule has 2 N–H and O–H groups in total. The maximum atomic E-state index is 11.1. The van der Waals surface area contributed by atoms with Crippen molar-refractivity contribution in [3.05, 3.63) is 34.9 Å². The molecule has 0 radical (unpaired) electrons. The van der Waals surface area contributed by atoms with Gasteiger partial charge in [-0.2, -0.15) is 0 Å². The van der Waals surface area contributed by atoms with Crippen molar-refractivity contribution < 1.29 is 14.3 Å². The molecule has 1 aromatic carbocycles. The van der Waals surface area contributed by atoms with E-state index < -0.39 is 0 Å². The molecule has 0 heterocycles. The SMILES string of the molecule is CCOC(=O)COCC(N)c1ccc(C)cc1C. The van der Waals surface area contributed by atoms with Gasteiger partial charge in [-0.3, -0.25) is 0 Å². The fourth-order valence-corrected chi connectivity index (χ4v) is 1.80. The number of ether oxygens (including phenoxy) is 2. The Morgan fingerprint density at radius 1 is 1.39 bits per heavy atom. The molecule has 0 aliphatic heterocycles. The van der Waals surface area contributed by atoms with Gasteiger partial charge in [-0.15, -0.1) is 0 Å². The number of hydrogen-bond donors (Lipinski definition) is 1. The van der Waals surface area contributed by atoms with Gasteiger partial charge in [0.2, 0.25) is 0 Å². The van der Waals surface area contributed by atoms with Crippen molar-refractivity contribution in [2.75, 3.05) is 19.8 Å². The summed E-state index contributed by atoms with van der Waals surface area (Å²) in [6.07, 6.45) is 0. The quantitative estimate of drug-likeness (QED) is 0.784. The van der Waals surface area contributed by atoms with E-state index in [0.717, 1.165) is 11.1 Å². The molecule has 0 aliphatic carbocycles. The first-order valence-electron chi connectivity index (χ1n) is 6.10. The van der Waals surface area contributed by atoms with Gasteiger partial charge >= 0.3 is 5.97 Å². The molecular weight excluding hydrogens is 230 g/mol. The standard InChI is InChI=1S/C14H21NO3/c1-4-18-14(16)9-17-8-13(15)12-6-5-10(2)7-11(12)3/h5-7,13H,4,8-9,15H2,1-3H3. The van der Waals surface area contributed by atoms with E-state index in [0.29, 0.717) is 13.2 Å². The molecule has 4 nitrogen and oxygen atoms in total. The van der Waals surface area contributed by atoms with Gasteiger partial charge in [0.25, 0.3) is 0 Å². The Hall–Kier alpha value is -1.39. The van der Waals surface area contributed by atoms with Crippen molar-refractivity contribution in [3.8, 4) is 0 Å². The van der Waals surface area contributed by atoms with Crippen LogP contribution < -0.4 is 5.73 Å². The van der Waals surface area contributed by atoms with Crippen LogP contribution in [0.2, 0.25) is 0 Å². The van der Waals surface area contributed by atoms with E-state index in [2.05, 4.69) is 6.07 Å². The Labute approximate surface area is 108 Å². The highest BCUT2D eigenvalue weighted by Crippen LogP contribution is 2.17. The molecule has 0 saturated carbocycles. The molecule has 4 heteroatoms. The van der Waals surface area contributed by atoms with Crippen molar-refractivity contribution in [3.63, 3.8) is 0 Å². The molecule has 1 atom stereocenters. The number of benzene rings is 1. The van der Waals surface area contributed by atoms with E-state index in [1.165, 1.54) is 5.56 Å². The van der Waals surface area contributed by atoms with Crippen LogP contribution in [-0.4, -0.2) is 25.8 Å². The minimum atomic E-state index is -0.356. The van der Waals surface area contributed by atoms with Gasteiger partial charge < -0.3 is 15.2 Å². The molecule has 0 aliphatic rings.